The van der Waals surface area contributed by atoms with Crippen LogP contribution < -0.4 is 0 Å². The van der Waals surface area contributed by atoms with Crippen molar-refractivity contribution in [2.45, 2.75) is 39.5 Å². The minimum atomic E-state index is -8.07. The molecule has 0 rings (SSSR count). The van der Waals surface area contributed by atoms with Crippen LogP contribution >= 0.6 is 22.6 Å². The number of aliphatic hydroxyl groups excluding tert-OH is 1. The molecule has 0 radical (unpaired) electrons. The van der Waals surface area contributed by atoms with Gasteiger partial charge < -0.3 is 5.11 Å². The van der Waals surface area contributed by atoms with Gasteiger partial charge in [-0.05, 0) is 0 Å². The van der Waals surface area contributed by atoms with E-state index in [9.17, 15) is 61.5 Å². The van der Waals surface area contributed by atoms with Crippen LogP contribution in [0.5, 0.6) is 0 Å². The van der Waals surface area contributed by atoms with Gasteiger partial charge in [0.2, 0.25) is 0 Å². The number of hydrogen-bond acceptors (Lipinski definition) is 1. The van der Waals surface area contributed by atoms with Crippen molar-refractivity contribution < 1.29 is 66.6 Å². The van der Waals surface area contributed by atoms with E-state index in [1.54, 1.807) is 0 Å². The van der Waals surface area contributed by atoms with Gasteiger partial charge in [-0.2, -0.15) is 61.5 Å². The van der Waals surface area contributed by atoms with Crippen molar-refractivity contribution >= 4 is 22.6 Å². The molecule has 0 heterocycles. The first-order valence-corrected chi connectivity index (χ1v) is 6.08. The number of alkyl halides is 15. The molecular weight excluding hydrogens is 505 g/mol. The summed E-state index contributed by atoms with van der Waals surface area (Å²) in [6, 6.07) is 0. The van der Waals surface area contributed by atoms with Crippen LogP contribution in [0.3, 0.4) is 0 Å². The minimum absolute atomic E-state index is 0.860. The van der Waals surface area contributed by atoms with Gasteiger partial charge in [0.1, 0.15) is 6.61 Å². The lowest BCUT2D eigenvalue weighted by molar-refractivity contribution is -0.435. The zero-order chi connectivity index (χ0) is 20.2. The third-order valence-corrected chi connectivity index (χ3v) is 3.27. The smallest absolute Gasteiger partial charge is 0.387 e. The highest BCUT2D eigenvalue weighted by molar-refractivity contribution is 14.1. The predicted molar refractivity (Wildman–Crippen MR) is 55.7 cm³/mol. The molecule has 1 N–H and O–H groups in total. The summed E-state index contributed by atoms with van der Waals surface area (Å²) in [6.45, 7) is -3.27. The van der Waals surface area contributed by atoms with Crippen molar-refractivity contribution in [3.63, 3.8) is 0 Å². The molecule has 0 aromatic heterocycles. The second kappa shape index (κ2) is 5.87. The van der Waals surface area contributed by atoms with Gasteiger partial charge in [0.05, 0.1) is 0 Å². The van der Waals surface area contributed by atoms with Crippen LogP contribution in [-0.2, 0) is 0 Å². The molecule has 0 aromatic rings. The average Bonchev–Trinajstić information content (AvgIpc) is 2.36. The Labute approximate surface area is 136 Å². The van der Waals surface area contributed by atoms with Gasteiger partial charge in [0, 0.05) is 22.6 Å². The number of hydrogen-bond donors (Lipinski definition) is 1. The van der Waals surface area contributed by atoms with Gasteiger partial charge >= 0.3 is 39.5 Å². The summed E-state index contributed by atoms with van der Waals surface area (Å²) < 4.78 is 172. The molecule has 0 amide bonds. The van der Waals surface area contributed by atoms with E-state index in [2.05, 4.69) is 0 Å². The van der Waals surface area contributed by atoms with E-state index in [1.165, 1.54) is 0 Å². The third kappa shape index (κ3) is 2.90. The summed E-state index contributed by atoms with van der Waals surface area (Å²) >= 11 is -0.860. The number of halogens is 15. The van der Waals surface area contributed by atoms with E-state index in [4.69, 9.17) is 5.11 Å². The molecule has 0 aliphatic heterocycles. The van der Waals surface area contributed by atoms with Gasteiger partial charge in [-0.1, -0.05) is 0 Å². The fourth-order valence-corrected chi connectivity index (χ4v) is 1.44. The van der Waals surface area contributed by atoms with Crippen LogP contribution in [0.15, 0.2) is 0 Å². The van der Waals surface area contributed by atoms with Gasteiger partial charge in [0.25, 0.3) is 0 Å². The Bertz CT molecular complexity index is 466. The highest BCUT2D eigenvalue weighted by Gasteiger charge is 2.92. The first-order chi connectivity index (χ1) is 10.1. The fourth-order valence-electron chi connectivity index (χ4n) is 1.10. The van der Waals surface area contributed by atoms with Crippen LogP contribution in [-0.4, -0.2) is 51.2 Å². The first-order valence-electron chi connectivity index (χ1n) is 5.00. The Kier molecular flexibility index (Phi) is 5.80. The summed E-state index contributed by atoms with van der Waals surface area (Å²) in [5.41, 5.74) is 0. The van der Waals surface area contributed by atoms with Crippen LogP contribution in [0.2, 0.25) is 0 Å². The third-order valence-electron chi connectivity index (χ3n) is 2.59. The number of rotatable bonds is 7. The van der Waals surface area contributed by atoms with Crippen LogP contribution in [0.25, 0.3) is 0 Å². The van der Waals surface area contributed by atoms with Gasteiger partial charge in [0.15, 0.2) is 0 Å². The minimum Gasteiger partial charge on any atom is -0.390 e. The maximum atomic E-state index is 13.0. The van der Waals surface area contributed by atoms with Gasteiger partial charge in [-0.15, -0.1) is 0 Å². The van der Waals surface area contributed by atoms with Gasteiger partial charge in [-0.3, -0.25) is 0 Å². The van der Waals surface area contributed by atoms with Crippen LogP contribution in [0.1, 0.15) is 0 Å². The quantitative estimate of drug-likeness (QED) is 0.298. The lowest BCUT2D eigenvalue weighted by Gasteiger charge is -2.41. The fraction of sp³-hybridized carbons (Fsp3) is 1.00. The lowest BCUT2D eigenvalue weighted by atomic mass is 9.91. The molecule has 24 heavy (non-hydrogen) atoms. The first kappa shape index (κ1) is 23.7. The van der Waals surface area contributed by atoms with Gasteiger partial charge in [-0.25, -0.2) is 0 Å². The van der Waals surface area contributed by atoms with Crippen LogP contribution in [0.4, 0.5) is 61.5 Å². The van der Waals surface area contributed by atoms with Crippen molar-refractivity contribution in [1.29, 1.82) is 0 Å². The molecule has 0 aliphatic rings. The summed E-state index contributed by atoms with van der Waals surface area (Å²) in [5.74, 6) is -45.2. The topological polar surface area (TPSA) is 20.2 Å². The van der Waals surface area contributed by atoms with Crippen molar-refractivity contribution in [3.8, 4) is 0 Å². The molecular formula is C8H3F14IO. The van der Waals surface area contributed by atoms with E-state index in [0.717, 1.165) is 0 Å². The SMILES string of the molecule is OCC(F)(F)C(F)(F)C(F)(F)C(F)(F)C(F)(F)C(F)(F)C(F)(F)I. The lowest BCUT2D eigenvalue weighted by Crippen LogP contribution is -2.72. The normalized spacial score (nSPS) is 16.5. The zero-order valence-electron chi connectivity index (χ0n) is 10.3. The monoisotopic (exact) mass is 508 g/mol. The largest absolute Gasteiger partial charge is 0.390 e. The highest BCUT2D eigenvalue weighted by Crippen LogP contribution is 2.62. The molecule has 0 aromatic carbocycles. The second-order valence-electron chi connectivity index (χ2n) is 4.23. The molecule has 0 unspecified atom stereocenters. The average molecular weight is 508 g/mol. The summed E-state index contributed by atoms with van der Waals surface area (Å²) in [5, 5.41) is 7.79. The molecule has 0 atom stereocenters. The molecule has 0 fully saturated rings. The van der Waals surface area contributed by atoms with Crippen molar-refractivity contribution in [1.82, 2.24) is 0 Å². The van der Waals surface area contributed by atoms with E-state index in [1.807, 2.05) is 0 Å². The number of aliphatic hydroxyl groups is 1. The van der Waals surface area contributed by atoms with E-state index >= 15 is 0 Å². The Morgan fingerprint density at radius 3 is 1.00 bits per heavy atom. The maximum absolute atomic E-state index is 13.0. The summed E-state index contributed by atoms with van der Waals surface area (Å²) in [6.07, 6.45) is 0. The maximum Gasteiger partial charge on any atom is 0.387 e. The van der Waals surface area contributed by atoms with Crippen molar-refractivity contribution in [3.05, 3.63) is 0 Å². The van der Waals surface area contributed by atoms with Crippen LogP contribution in [0, 0.1) is 0 Å². The summed E-state index contributed by atoms with van der Waals surface area (Å²) in [4.78, 5) is 0. The van der Waals surface area contributed by atoms with E-state index in [0.29, 0.717) is 0 Å². The molecule has 16 heteroatoms. The Hall–Kier alpha value is -0.290. The molecule has 0 saturated carbocycles. The van der Waals surface area contributed by atoms with Crippen molar-refractivity contribution in [2.24, 2.45) is 0 Å². The standard InChI is InChI=1S/C8H3F14IO/c9-2(10,1-24)3(11,12)4(13,14)5(15,16)6(17,18)7(19,20)8(21,22)23/h24H,1H2. The second-order valence-corrected chi connectivity index (χ2v) is 5.59. The Balaban J connectivity index is 6.42. The van der Waals surface area contributed by atoms with E-state index in [-0.39, 0.29) is 0 Å². The summed E-state index contributed by atoms with van der Waals surface area (Å²) in [7, 11) is 0. The Morgan fingerprint density at radius 2 is 0.750 bits per heavy atom. The molecule has 0 spiro atoms. The predicted octanol–water partition coefficient (Wildman–Crippen LogP) is 4.82. The zero-order valence-corrected chi connectivity index (χ0v) is 12.5. The molecule has 146 valence electrons. The molecule has 0 aliphatic carbocycles. The molecule has 0 bridgehead atoms. The highest BCUT2D eigenvalue weighted by atomic mass is 127. The van der Waals surface area contributed by atoms with E-state index < -0.39 is 68.7 Å². The van der Waals surface area contributed by atoms with Crippen molar-refractivity contribution in [2.75, 3.05) is 6.61 Å². The molecule has 1 nitrogen and oxygen atoms in total. The molecule has 0 saturated heterocycles. The Morgan fingerprint density at radius 1 is 0.500 bits per heavy atom.